The molecular formula is C25H28N4O4S. The molecule has 1 saturated heterocycles. The predicted molar refractivity (Wildman–Crippen MR) is 128 cm³/mol. The topological polar surface area (TPSA) is 95.7 Å². The zero-order valence-corrected chi connectivity index (χ0v) is 20.2. The van der Waals surface area contributed by atoms with Crippen molar-refractivity contribution < 1.29 is 18.3 Å². The van der Waals surface area contributed by atoms with E-state index in [0.29, 0.717) is 5.69 Å². The lowest BCUT2D eigenvalue weighted by Crippen LogP contribution is -2.50. The highest BCUT2D eigenvalue weighted by atomic mass is 32.2. The van der Waals surface area contributed by atoms with Crippen molar-refractivity contribution in [2.75, 3.05) is 26.2 Å². The summed E-state index contributed by atoms with van der Waals surface area (Å²) in [6, 6.07) is 12.6. The number of carbonyl (C=O) groups is 1. The zero-order chi connectivity index (χ0) is 24.0. The number of nitrogens with zero attached hydrogens (tertiary/aromatic N) is 4. The highest BCUT2D eigenvalue weighted by Crippen LogP contribution is 2.30. The Morgan fingerprint density at radius 3 is 2.32 bits per heavy atom. The first-order valence-electron chi connectivity index (χ1n) is 11.5. The number of amides is 1. The van der Waals surface area contributed by atoms with Crippen LogP contribution in [-0.2, 0) is 22.9 Å². The SMILES string of the molecule is Cc1ccc(-n2nc(C(=O)N3CCN(S(=O)(=O)c4cc(C)ccc4O)CC3)c3c2CCC3)cc1. The van der Waals surface area contributed by atoms with E-state index < -0.39 is 10.0 Å². The number of aromatic nitrogens is 2. The number of rotatable bonds is 4. The molecule has 1 amide bonds. The molecule has 0 unspecified atom stereocenters. The number of phenols is 1. The van der Waals surface area contributed by atoms with Crippen LogP contribution in [0.15, 0.2) is 47.4 Å². The fourth-order valence-corrected chi connectivity index (χ4v) is 6.35. The molecule has 3 aromatic rings. The summed E-state index contributed by atoms with van der Waals surface area (Å²) in [4.78, 5) is 15.0. The van der Waals surface area contributed by atoms with Crippen LogP contribution in [0.25, 0.3) is 5.69 Å². The number of benzene rings is 2. The number of phenolic OH excluding ortho intramolecular Hbond substituents is 1. The first kappa shape index (κ1) is 22.6. The Morgan fingerprint density at radius 2 is 1.62 bits per heavy atom. The summed E-state index contributed by atoms with van der Waals surface area (Å²) in [5.74, 6) is -0.416. The first-order valence-corrected chi connectivity index (χ1v) is 13.0. The van der Waals surface area contributed by atoms with E-state index in [1.54, 1.807) is 17.9 Å². The number of hydrogen-bond acceptors (Lipinski definition) is 5. The quantitative estimate of drug-likeness (QED) is 0.620. The molecule has 1 aliphatic carbocycles. The highest BCUT2D eigenvalue weighted by molar-refractivity contribution is 7.89. The van der Waals surface area contributed by atoms with Gasteiger partial charge in [-0.05, 0) is 62.9 Å². The van der Waals surface area contributed by atoms with E-state index in [0.717, 1.165) is 47.3 Å². The number of sulfonamides is 1. The first-order chi connectivity index (χ1) is 16.3. The van der Waals surface area contributed by atoms with Gasteiger partial charge in [-0.25, -0.2) is 13.1 Å². The minimum absolute atomic E-state index is 0.0954. The molecule has 8 nitrogen and oxygen atoms in total. The van der Waals surface area contributed by atoms with Gasteiger partial charge in [-0.2, -0.15) is 9.40 Å². The smallest absolute Gasteiger partial charge is 0.274 e. The molecule has 34 heavy (non-hydrogen) atoms. The van der Waals surface area contributed by atoms with Gasteiger partial charge < -0.3 is 10.0 Å². The fourth-order valence-electron chi connectivity index (χ4n) is 4.76. The number of hydrogen-bond donors (Lipinski definition) is 1. The lowest BCUT2D eigenvalue weighted by atomic mass is 10.1. The van der Waals surface area contributed by atoms with Crippen LogP contribution in [0.1, 0.15) is 39.3 Å². The maximum Gasteiger partial charge on any atom is 0.274 e. The number of fused-ring (bicyclic) bond motifs is 1. The molecule has 9 heteroatoms. The van der Waals surface area contributed by atoms with Crippen molar-refractivity contribution in [2.24, 2.45) is 0 Å². The van der Waals surface area contributed by atoms with Crippen molar-refractivity contribution in [2.45, 2.75) is 38.0 Å². The van der Waals surface area contributed by atoms with E-state index in [9.17, 15) is 18.3 Å². The van der Waals surface area contributed by atoms with E-state index in [-0.39, 0.29) is 42.7 Å². The van der Waals surface area contributed by atoms with Crippen LogP contribution in [0.2, 0.25) is 0 Å². The van der Waals surface area contributed by atoms with Gasteiger partial charge in [0.15, 0.2) is 5.69 Å². The maximum atomic E-state index is 13.4. The van der Waals surface area contributed by atoms with E-state index in [4.69, 9.17) is 5.10 Å². The van der Waals surface area contributed by atoms with Gasteiger partial charge in [0.2, 0.25) is 10.0 Å². The third kappa shape index (κ3) is 3.88. The van der Waals surface area contributed by atoms with E-state index >= 15 is 0 Å². The molecule has 1 aromatic heterocycles. The number of piperazine rings is 1. The highest BCUT2D eigenvalue weighted by Gasteiger charge is 2.35. The Bertz CT molecular complexity index is 1350. The lowest BCUT2D eigenvalue weighted by Gasteiger charge is -2.34. The van der Waals surface area contributed by atoms with Crippen LogP contribution in [0.4, 0.5) is 0 Å². The molecule has 5 rings (SSSR count). The van der Waals surface area contributed by atoms with Crippen LogP contribution >= 0.6 is 0 Å². The average molecular weight is 481 g/mol. The number of aryl methyl sites for hydroxylation is 2. The molecule has 1 N–H and O–H groups in total. The van der Waals surface area contributed by atoms with Gasteiger partial charge >= 0.3 is 0 Å². The van der Waals surface area contributed by atoms with Crippen molar-refractivity contribution in [1.82, 2.24) is 19.0 Å². The van der Waals surface area contributed by atoms with Crippen LogP contribution in [0, 0.1) is 13.8 Å². The van der Waals surface area contributed by atoms with Crippen LogP contribution < -0.4 is 0 Å². The van der Waals surface area contributed by atoms with E-state index in [1.165, 1.54) is 16.4 Å². The van der Waals surface area contributed by atoms with Crippen LogP contribution in [-0.4, -0.2) is 64.6 Å². The summed E-state index contributed by atoms with van der Waals surface area (Å²) in [6.45, 7) is 4.70. The van der Waals surface area contributed by atoms with E-state index in [1.807, 2.05) is 35.9 Å². The van der Waals surface area contributed by atoms with Crippen molar-refractivity contribution in [3.05, 3.63) is 70.5 Å². The molecule has 0 atom stereocenters. The summed E-state index contributed by atoms with van der Waals surface area (Å²) in [5, 5.41) is 14.8. The second kappa shape index (κ2) is 8.56. The van der Waals surface area contributed by atoms with Gasteiger partial charge in [-0.15, -0.1) is 0 Å². The summed E-state index contributed by atoms with van der Waals surface area (Å²) >= 11 is 0. The van der Waals surface area contributed by atoms with Gasteiger partial charge in [0.25, 0.3) is 5.91 Å². The Labute approximate surface area is 199 Å². The summed E-state index contributed by atoms with van der Waals surface area (Å²) in [6.07, 6.45) is 2.70. The van der Waals surface area contributed by atoms with Crippen molar-refractivity contribution in [3.8, 4) is 11.4 Å². The number of aromatic hydroxyl groups is 1. The molecular weight excluding hydrogens is 452 g/mol. The molecule has 178 valence electrons. The molecule has 1 aliphatic heterocycles. The summed E-state index contributed by atoms with van der Waals surface area (Å²) < 4.78 is 29.4. The molecule has 2 aromatic carbocycles. The largest absolute Gasteiger partial charge is 0.507 e. The van der Waals surface area contributed by atoms with Crippen molar-refractivity contribution in [1.29, 1.82) is 0 Å². The maximum absolute atomic E-state index is 13.4. The molecule has 0 saturated carbocycles. The Balaban J connectivity index is 1.35. The zero-order valence-electron chi connectivity index (χ0n) is 19.4. The lowest BCUT2D eigenvalue weighted by molar-refractivity contribution is 0.0690. The fraction of sp³-hybridized carbons (Fsp3) is 0.360. The molecule has 1 fully saturated rings. The minimum atomic E-state index is -3.85. The standard InChI is InChI=1S/C25H28N4O4S/c1-17-6-9-19(10-7-17)29-21-5-3-4-20(21)24(26-29)25(31)27-12-14-28(15-13-27)34(32,33)23-16-18(2)8-11-22(23)30/h6-11,16,30H,3-5,12-15H2,1-2H3. The average Bonchev–Trinajstić information content (AvgIpc) is 3.44. The van der Waals surface area contributed by atoms with Gasteiger partial charge in [0.05, 0.1) is 5.69 Å². The van der Waals surface area contributed by atoms with Crippen LogP contribution in [0.3, 0.4) is 0 Å². The third-order valence-corrected chi connectivity index (χ3v) is 8.60. The Morgan fingerprint density at radius 1 is 0.941 bits per heavy atom. The molecule has 2 heterocycles. The minimum Gasteiger partial charge on any atom is -0.507 e. The summed E-state index contributed by atoms with van der Waals surface area (Å²) in [5.41, 5.74) is 5.42. The normalized spacial score (nSPS) is 16.6. The van der Waals surface area contributed by atoms with Gasteiger partial charge in [0.1, 0.15) is 10.6 Å². The van der Waals surface area contributed by atoms with Crippen molar-refractivity contribution >= 4 is 15.9 Å². The number of carbonyl (C=O) groups excluding carboxylic acids is 1. The monoisotopic (exact) mass is 480 g/mol. The molecule has 0 bridgehead atoms. The van der Waals surface area contributed by atoms with Crippen molar-refractivity contribution in [3.63, 3.8) is 0 Å². The molecule has 2 aliphatic rings. The molecule has 0 spiro atoms. The summed E-state index contributed by atoms with van der Waals surface area (Å²) in [7, 11) is -3.85. The Hall–Kier alpha value is -3.17. The second-order valence-corrected chi connectivity index (χ2v) is 10.9. The van der Waals surface area contributed by atoms with E-state index in [2.05, 4.69) is 0 Å². The molecule has 0 radical (unpaired) electrons. The second-order valence-electron chi connectivity index (χ2n) is 9.04. The van der Waals surface area contributed by atoms with Crippen LogP contribution in [0.5, 0.6) is 5.75 Å². The Kier molecular flexibility index (Phi) is 5.69. The van der Waals surface area contributed by atoms with Gasteiger partial charge in [0, 0.05) is 37.4 Å². The predicted octanol–water partition coefficient (Wildman–Crippen LogP) is 2.83. The van der Waals surface area contributed by atoms with Gasteiger partial charge in [-0.1, -0.05) is 23.8 Å². The van der Waals surface area contributed by atoms with Gasteiger partial charge in [-0.3, -0.25) is 4.79 Å². The third-order valence-electron chi connectivity index (χ3n) is 6.67.